The Labute approximate surface area is 171 Å². The van der Waals surface area contributed by atoms with Gasteiger partial charge in [0.1, 0.15) is 0 Å². The third kappa shape index (κ3) is 4.79. The lowest BCUT2D eigenvalue weighted by molar-refractivity contribution is -0.384. The molecule has 8 nitrogen and oxygen atoms in total. The first kappa shape index (κ1) is 20.5. The van der Waals surface area contributed by atoms with Gasteiger partial charge in [-0.25, -0.2) is 9.59 Å². The molecule has 0 aliphatic carbocycles. The number of aromatic carboxylic acids is 2. The number of nitrogens with zero attached hydrogens (tertiary/aromatic N) is 1. The number of para-hydroxylation sites is 1. The van der Waals surface area contributed by atoms with E-state index in [9.17, 15) is 24.8 Å². The van der Waals surface area contributed by atoms with Crippen molar-refractivity contribution in [2.75, 3.05) is 5.32 Å². The summed E-state index contributed by atoms with van der Waals surface area (Å²) in [5, 5.41) is 32.6. The number of carbonyl (C=O) groups is 2. The summed E-state index contributed by atoms with van der Waals surface area (Å²) < 4.78 is 0. The van der Waals surface area contributed by atoms with E-state index in [2.05, 4.69) is 5.32 Å². The molecular formula is C22H18N2O6. The van der Waals surface area contributed by atoms with Gasteiger partial charge in [0, 0.05) is 24.4 Å². The summed E-state index contributed by atoms with van der Waals surface area (Å²) in [5.41, 5.74) is 2.57. The average Bonchev–Trinajstić information content (AvgIpc) is 2.73. The van der Waals surface area contributed by atoms with Crippen LogP contribution < -0.4 is 5.32 Å². The second kappa shape index (κ2) is 8.87. The van der Waals surface area contributed by atoms with Crippen molar-refractivity contribution in [1.29, 1.82) is 0 Å². The van der Waals surface area contributed by atoms with Crippen LogP contribution in [0, 0.1) is 10.1 Å². The van der Waals surface area contributed by atoms with Gasteiger partial charge in [-0.15, -0.1) is 0 Å². The van der Waals surface area contributed by atoms with Crippen LogP contribution in [0.3, 0.4) is 0 Å². The Morgan fingerprint density at radius 2 is 1.60 bits per heavy atom. The minimum Gasteiger partial charge on any atom is -0.478 e. The lowest BCUT2D eigenvalue weighted by Gasteiger charge is -2.13. The van der Waals surface area contributed by atoms with Crippen LogP contribution in [0.5, 0.6) is 0 Å². The van der Waals surface area contributed by atoms with Gasteiger partial charge in [0.15, 0.2) is 0 Å². The molecule has 0 aromatic heterocycles. The second-order valence-corrected chi connectivity index (χ2v) is 6.60. The summed E-state index contributed by atoms with van der Waals surface area (Å²) >= 11 is 0. The number of hydrogen-bond donors (Lipinski definition) is 3. The van der Waals surface area contributed by atoms with Gasteiger partial charge < -0.3 is 15.5 Å². The number of rotatable bonds is 8. The van der Waals surface area contributed by atoms with Crippen molar-refractivity contribution >= 4 is 23.3 Å². The lowest BCUT2D eigenvalue weighted by atomic mass is 9.98. The van der Waals surface area contributed by atoms with E-state index >= 15 is 0 Å². The zero-order valence-corrected chi connectivity index (χ0v) is 15.7. The fourth-order valence-electron chi connectivity index (χ4n) is 3.11. The number of carboxylic acid groups (broad SMARTS) is 2. The van der Waals surface area contributed by atoms with Crippen LogP contribution >= 0.6 is 0 Å². The molecule has 152 valence electrons. The molecular weight excluding hydrogens is 388 g/mol. The Bertz CT molecular complexity index is 1130. The lowest BCUT2D eigenvalue weighted by Crippen LogP contribution is -2.09. The molecule has 0 bridgehead atoms. The van der Waals surface area contributed by atoms with Gasteiger partial charge in [0.25, 0.3) is 5.69 Å². The van der Waals surface area contributed by atoms with E-state index in [4.69, 9.17) is 5.11 Å². The summed E-state index contributed by atoms with van der Waals surface area (Å²) in [7, 11) is 0. The smallest absolute Gasteiger partial charge is 0.336 e. The Balaban J connectivity index is 1.81. The van der Waals surface area contributed by atoms with Gasteiger partial charge in [-0.2, -0.15) is 0 Å². The first-order valence-corrected chi connectivity index (χ1v) is 9.00. The summed E-state index contributed by atoms with van der Waals surface area (Å²) in [6.45, 7) is 0.372. The minimum absolute atomic E-state index is 0.0160. The first-order valence-electron chi connectivity index (χ1n) is 9.00. The van der Waals surface area contributed by atoms with Crippen LogP contribution in [0.25, 0.3) is 0 Å². The minimum atomic E-state index is -1.30. The number of anilines is 1. The zero-order valence-electron chi connectivity index (χ0n) is 15.7. The van der Waals surface area contributed by atoms with Crippen molar-refractivity contribution in [3.63, 3.8) is 0 Å². The van der Waals surface area contributed by atoms with E-state index in [0.717, 1.165) is 16.8 Å². The van der Waals surface area contributed by atoms with E-state index in [1.54, 1.807) is 18.2 Å². The number of nitro benzene ring substituents is 1. The van der Waals surface area contributed by atoms with Gasteiger partial charge in [-0.05, 0) is 41.3 Å². The van der Waals surface area contributed by atoms with Crippen LogP contribution in [0.2, 0.25) is 0 Å². The normalized spacial score (nSPS) is 10.4. The number of benzene rings is 3. The molecule has 0 saturated heterocycles. The third-order valence-corrected chi connectivity index (χ3v) is 4.56. The quantitative estimate of drug-likeness (QED) is 0.378. The molecule has 0 heterocycles. The highest BCUT2D eigenvalue weighted by Gasteiger charge is 2.17. The maximum Gasteiger partial charge on any atom is 0.336 e. The summed E-state index contributed by atoms with van der Waals surface area (Å²) in [6.07, 6.45) is 0.387. The summed E-state index contributed by atoms with van der Waals surface area (Å²) in [4.78, 5) is 33.1. The van der Waals surface area contributed by atoms with E-state index in [1.165, 1.54) is 24.3 Å². The predicted molar refractivity (Wildman–Crippen MR) is 110 cm³/mol. The molecule has 0 amide bonds. The van der Waals surface area contributed by atoms with Gasteiger partial charge in [0.2, 0.25) is 0 Å². The van der Waals surface area contributed by atoms with E-state index in [0.29, 0.717) is 18.5 Å². The van der Waals surface area contributed by atoms with Gasteiger partial charge in [-0.3, -0.25) is 10.1 Å². The highest BCUT2D eigenvalue weighted by Crippen LogP contribution is 2.22. The molecule has 0 atom stereocenters. The molecule has 3 N–H and O–H groups in total. The maximum absolute atomic E-state index is 11.4. The first-order chi connectivity index (χ1) is 14.3. The Kier molecular flexibility index (Phi) is 6.07. The number of carboxylic acids is 2. The molecule has 3 rings (SSSR count). The van der Waals surface area contributed by atoms with Crippen molar-refractivity contribution < 1.29 is 24.7 Å². The van der Waals surface area contributed by atoms with Crippen molar-refractivity contribution in [2.45, 2.75) is 13.0 Å². The summed E-state index contributed by atoms with van der Waals surface area (Å²) in [6, 6.07) is 18.0. The van der Waals surface area contributed by atoms with Crippen LogP contribution in [-0.4, -0.2) is 27.1 Å². The maximum atomic E-state index is 11.4. The van der Waals surface area contributed by atoms with Crippen LogP contribution in [-0.2, 0) is 13.0 Å². The zero-order chi connectivity index (χ0) is 21.7. The molecule has 0 fully saturated rings. The number of hydrogen-bond acceptors (Lipinski definition) is 5. The highest BCUT2D eigenvalue weighted by molar-refractivity contribution is 6.01. The summed E-state index contributed by atoms with van der Waals surface area (Å²) in [5.74, 6) is -2.59. The Morgan fingerprint density at radius 1 is 0.867 bits per heavy atom. The predicted octanol–water partition coefficient (Wildman–Crippen LogP) is 4.19. The monoisotopic (exact) mass is 406 g/mol. The number of nitrogens with one attached hydrogen (secondary N) is 1. The van der Waals surface area contributed by atoms with Crippen molar-refractivity contribution in [1.82, 2.24) is 0 Å². The van der Waals surface area contributed by atoms with Crippen molar-refractivity contribution in [3.05, 3.63) is 105 Å². The van der Waals surface area contributed by atoms with Crippen LogP contribution in [0.4, 0.5) is 11.4 Å². The Morgan fingerprint density at radius 3 is 2.30 bits per heavy atom. The van der Waals surface area contributed by atoms with Crippen molar-refractivity contribution in [2.24, 2.45) is 0 Å². The van der Waals surface area contributed by atoms with E-state index < -0.39 is 16.9 Å². The third-order valence-electron chi connectivity index (χ3n) is 4.56. The number of nitro groups is 1. The van der Waals surface area contributed by atoms with Gasteiger partial charge in [0.05, 0.1) is 16.1 Å². The standard InChI is InChI=1S/C22H18N2O6/c25-21(26)18-9-8-14(12-19(18)22(27)28)10-16-5-1-2-7-20(16)23-13-15-4-3-6-17(11-15)24(29)30/h1-9,11-12,23H,10,13H2,(H,25,26)(H,27,28). The second-order valence-electron chi connectivity index (χ2n) is 6.60. The largest absolute Gasteiger partial charge is 0.478 e. The van der Waals surface area contributed by atoms with Crippen molar-refractivity contribution in [3.8, 4) is 0 Å². The van der Waals surface area contributed by atoms with Crippen LogP contribution in [0.1, 0.15) is 37.4 Å². The molecule has 0 radical (unpaired) electrons. The highest BCUT2D eigenvalue weighted by atomic mass is 16.6. The molecule has 30 heavy (non-hydrogen) atoms. The molecule has 8 heteroatoms. The van der Waals surface area contributed by atoms with E-state index in [1.807, 2.05) is 24.3 Å². The fourth-order valence-corrected chi connectivity index (χ4v) is 3.11. The molecule has 3 aromatic rings. The molecule has 0 aliphatic rings. The van der Waals surface area contributed by atoms with E-state index in [-0.39, 0.29) is 16.8 Å². The number of non-ortho nitro benzene ring substituents is 1. The van der Waals surface area contributed by atoms with Gasteiger partial charge >= 0.3 is 11.9 Å². The molecule has 0 aliphatic heterocycles. The molecule has 0 saturated carbocycles. The van der Waals surface area contributed by atoms with Gasteiger partial charge in [-0.1, -0.05) is 36.4 Å². The fraction of sp³-hybridized carbons (Fsp3) is 0.0909. The topological polar surface area (TPSA) is 130 Å². The average molecular weight is 406 g/mol. The van der Waals surface area contributed by atoms with Crippen LogP contribution in [0.15, 0.2) is 66.7 Å². The molecule has 0 unspecified atom stereocenters. The SMILES string of the molecule is O=C(O)c1ccc(Cc2ccccc2NCc2cccc([N+](=O)[O-])c2)cc1C(=O)O. The molecule has 0 spiro atoms. The molecule has 3 aromatic carbocycles. The Hall–Kier alpha value is -4.20.